The van der Waals surface area contributed by atoms with Crippen LogP contribution in [0.2, 0.25) is 0 Å². The first kappa shape index (κ1) is 12.4. The molecule has 0 saturated heterocycles. The number of nitrogens with one attached hydrogen (secondary N) is 1. The van der Waals surface area contributed by atoms with Crippen LogP contribution in [0.15, 0.2) is 42.6 Å². The molecule has 1 heterocycles. The predicted octanol–water partition coefficient (Wildman–Crippen LogP) is 2.07. The van der Waals surface area contributed by atoms with Crippen LogP contribution in [-0.2, 0) is 11.3 Å². The molecule has 0 aliphatic heterocycles. The van der Waals surface area contributed by atoms with Crippen molar-refractivity contribution < 1.29 is 4.79 Å². The van der Waals surface area contributed by atoms with Crippen molar-refractivity contribution in [3.05, 3.63) is 53.9 Å². The van der Waals surface area contributed by atoms with Crippen LogP contribution in [0.4, 0.5) is 0 Å². The van der Waals surface area contributed by atoms with E-state index in [0.717, 1.165) is 11.3 Å². The molecule has 94 valence electrons. The van der Waals surface area contributed by atoms with Gasteiger partial charge in [-0.1, -0.05) is 30.3 Å². The van der Waals surface area contributed by atoms with E-state index in [9.17, 15) is 4.79 Å². The van der Waals surface area contributed by atoms with E-state index in [0.29, 0.717) is 0 Å². The van der Waals surface area contributed by atoms with Crippen LogP contribution in [0.1, 0.15) is 24.2 Å². The quantitative estimate of drug-likeness (QED) is 0.893. The molecule has 2 aromatic rings. The van der Waals surface area contributed by atoms with Crippen molar-refractivity contribution in [3.8, 4) is 0 Å². The third kappa shape index (κ3) is 3.20. The van der Waals surface area contributed by atoms with Crippen molar-refractivity contribution in [1.29, 1.82) is 0 Å². The Kier molecular flexibility index (Phi) is 3.77. The summed E-state index contributed by atoms with van der Waals surface area (Å²) < 4.78 is 1.64. The average Bonchev–Trinajstić information content (AvgIpc) is 2.75. The molecule has 4 nitrogen and oxygen atoms in total. The zero-order valence-electron chi connectivity index (χ0n) is 10.6. The van der Waals surface area contributed by atoms with Crippen molar-refractivity contribution in [1.82, 2.24) is 15.1 Å². The van der Waals surface area contributed by atoms with E-state index in [1.54, 1.807) is 4.68 Å². The number of aromatic nitrogens is 2. The van der Waals surface area contributed by atoms with Crippen molar-refractivity contribution in [3.63, 3.8) is 0 Å². The summed E-state index contributed by atoms with van der Waals surface area (Å²) in [5, 5.41) is 7.14. The molecule has 0 spiro atoms. The second-order valence-electron chi connectivity index (χ2n) is 4.35. The topological polar surface area (TPSA) is 46.9 Å². The van der Waals surface area contributed by atoms with E-state index in [4.69, 9.17) is 0 Å². The molecule has 1 aromatic heterocycles. The number of rotatable bonds is 4. The maximum Gasteiger partial charge on any atom is 0.242 e. The molecule has 0 bridgehead atoms. The molecule has 1 atom stereocenters. The number of hydrogen-bond acceptors (Lipinski definition) is 2. The smallest absolute Gasteiger partial charge is 0.242 e. The van der Waals surface area contributed by atoms with Crippen LogP contribution in [0.3, 0.4) is 0 Å². The molecular formula is C14H17N3O. The Morgan fingerprint density at radius 2 is 2.06 bits per heavy atom. The molecule has 1 N–H and O–H groups in total. The molecule has 0 fully saturated rings. The number of nitrogens with zero attached hydrogens (tertiary/aromatic N) is 2. The summed E-state index contributed by atoms with van der Waals surface area (Å²) in [6.45, 7) is 4.13. The summed E-state index contributed by atoms with van der Waals surface area (Å²) in [6, 6.07) is 11.8. The number of benzene rings is 1. The van der Waals surface area contributed by atoms with Gasteiger partial charge in [0.25, 0.3) is 0 Å². The van der Waals surface area contributed by atoms with E-state index in [-0.39, 0.29) is 18.5 Å². The summed E-state index contributed by atoms with van der Waals surface area (Å²) in [5.74, 6) is -0.0329. The second kappa shape index (κ2) is 5.49. The lowest BCUT2D eigenvalue weighted by molar-refractivity contribution is -0.122. The van der Waals surface area contributed by atoms with Gasteiger partial charge in [-0.25, -0.2) is 0 Å². The molecule has 1 amide bonds. The van der Waals surface area contributed by atoms with Crippen molar-refractivity contribution in [2.75, 3.05) is 0 Å². The van der Waals surface area contributed by atoms with Gasteiger partial charge in [-0.2, -0.15) is 5.10 Å². The Bertz CT molecular complexity index is 519. The van der Waals surface area contributed by atoms with Crippen LogP contribution in [0.5, 0.6) is 0 Å². The van der Waals surface area contributed by atoms with E-state index in [1.807, 2.05) is 56.4 Å². The van der Waals surface area contributed by atoms with Crippen LogP contribution in [0.25, 0.3) is 0 Å². The molecule has 0 aliphatic carbocycles. The largest absolute Gasteiger partial charge is 0.348 e. The minimum absolute atomic E-state index is 0.00959. The Balaban J connectivity index is 1.92. The molecule has 1 unspecified atom stereocenters. The maximum absolute atomic E-state index is 11.8. The van der Waals surface area contributed by atoms with E-state index >= 15 is 0 Å². The van der Waals surface area contributed by atoms with Crippen LogP contribution in [0, 0.1) is 6.92 Å². The summed E-state index contributed by atoms with van der Waals surface area (Å²) >= 11 is 0. The minimum Gasteiger partial charge on any atom is -0.348 e. The highest BCUT2D eigenvalue weighted by Gasteiger charge is 2.09. The van der Waals surface area contributed by atoms with Crippen molar-refractivity contribution in [2.45, 2.75) is 26.4 Å². The number of amides is 1. The average molecular weight is 243 g/mol. The fourth-order valence-corrected chi connectivity index (χ4v) is 1.81. The van der Waals surface area contributed by atoms with E-state index < -0.39 is 0 Å². The molecule has 0 saturated carbocycles. The Labute approximate surface area is 107 Å². The lowest BCUT2D eigenvalue weighted by Crippen LogP contribution is -2.30. The van der Waals surface area contributed by atoms with E-state index in [2.05, 4.69) is 10.4 Å². The molecule has 4 heteroatoms. The first-order valence-electron chi connectivity index (χ1n) is 5.99. The Hall–Kier alpha value is -2.10. The summed E-state index contributed by atoms with van der Waals surface area (Å²) in [5.41, 5.74) is 2.02. The molecule has 0 aliphatic rings. The number of aryl methyl sites for hydroxylation is 1. The molecular weight excluding hydrogens is 226 g/mol. The highest BCUT2D eigenvalue weighted by molar-refractivity contribution is 5.76. The Morgan fingerprint density at radius 1 is 1.33 bits per heavy atom. The number of carbonyl (C=O) groups is 1. The lowest BCUT2D eigenvalue weighted by Gasteiger charge is -2.14. The van der Waals surface area contributed by atoms with Gasteiger partial charge < -0.3 is 5.32 Å². The minimum atomic E-state index is -0.0329. The van der Waals surface area contributed by atoms with Gasteiger partial charge in [-0.15, -0.1) is 0 Å². The Morgan fingerprint density at radius 3 is 2.67 bits per heavy atom. The SMILES string of the molecule is Cc1ccn(CC(=O)NC(C)c2ccccc2)n1. The van der Waals surface area contributed by atoms with Gasteiger partial charge in [-0.3, -0.25) is 9.48 Å². The highest BCUT2D eigenvalue weighted by Crippen LogP contribution is 2.10. The fourth-order valence-electron chi connectivity index (χ4n) is 1.81. The monoisotopic (exact) mass is 243 g/mol. The first-order chi connectivity index (χ1) is 8.65. The number of carbonyl (C=O) groups excluding carboxylic acids is 1. The van der Waals surface area contributed by atoms with Gasteiger partial charge in [0, 0.05) is 6.20 Å². The summed E-state index contributed by atoms with van der Waals surface area (Å²) in [6.07, 6.45) is 1.81. The summed E-state index contributed by atoms with van der Waals surface area (Å²) in [7, 11) is 0. The van der Waals surface area contributed by atoms with Crippen LogP contribution in [-0.4, -0.2) is 15.7 Å². The van der Waals surface area contributed by atoms with Crippen molar-refractivity contribution >= 4 is 5.91 Å². The third-order valence-electron chi connectivity index (χ3n) is 2.76. The van der Waals surface area contributed by atoms with Crippen LogP contribution >= 0.6 is 0 Å². The van der Waals surface area contributed by atoms with Gasteiger partial charge in [0.15, 0.2) is 0 Å². The zero-order chi connectivity index (χ0) is 13.0. The molecule has 18 heavy (non-hydrogen) atoms. The van der Waals surface area contributed by atoms with E-state index in [1.165, 1.54) is 0 Å². The second-order valence-corrected chi connectivity index (χ2v) is 4.35. The van der Waals surface area contributed by atoms with Gasteiger partial charge >= 0.3 is 0 Å². The zero-order valence-corrected chi connectivity index (χ0v) is 10.6. The van der Waals surface area contributed by atoms with Gasteiger partial charge in [0.05, 0.1) is 11.7 Å². The van der Waals surface area contributed by atoms with Gasteiger partial charge in [-0.05, 0) is 25.5 Å². The maximum atomic E-state index is 11.8. The standard InChI is InChI=1S/C14H17N3O/c1-11-8-9-17(16-11)10-14(18)15-12(2)13-6-4-3-5-7-13/h3-9,12H,10H2,1-2H3,(H,15,18). The van der Waals surface area contributed by atoms with Gasteiger partial charge in [0.2, 0.25) is 5.91 Å². The lowest BCUT2D eigenvalue weighted by atomic mass is 10.1. The first-order valence-corrected chi connectivity index (χ1v) is 5.99. The van der Waals surface area contributed by atoms with Crippen molar-refractivity contribution in [2.24, 2.45) is 0 Å². The van der Waals surface area contributed by atoms with Gasteiger partial charge in [0.1, 0.15) is 6.54 Å². The highest BCUT2D eigenvalue weighted by atomic mass is 16.2. The van der Waals surface area contributed by atoms with Crippen LogP contribution < -0.4 is 5.32 Å². The predicted molar refractivity (Wildman–Crippen MR) is 70.0 cm³/mol. The molecule has 0 radical (unpaired) electrons. The number of hydrogen-bond donors (Lipinski definition) is 1. The molecule has 1 aromatic carbocycles. The third-order valence-corrected chi connectivity index (χ3v) is 2.76. The molecule has 2 rings (SSSR count). The fraction of sp³-hybridized carbons (Fsp3) is 0.286. The normalized spacial score (nSPS) is 12.1. The summed E-state index contributed by atoms with van der Waals surface area (Å²) in [4.78, 5) is 11.8.